The number of anilines is 1. The van der Waals surface area contributed by atoms with Gasteiger partial charge in [-0.3, -0.25) is 9.59 Å². The van der Waals surface area contributed by atoms with Gasteiger partial charge in [0.05, 0.1) is 12.8 Å². The lowest BCUT2D eigenvalue weighted by Crippen LogP contribution is -2.32. The van der Waals surface area contributed by atoms with E-state index in [1.165, 1.54) is 7.11 Å². The molecule has 0 bridgehead atoms. The Hall–Kier alpha value is -2.53. The molecule has 5 nitrogen and oxygen atoms in total. The van der Waals surface area contributed by atoms with Crippen LogP contribution in [0, 0.1) is 0 Å². The Morgan fingerprint density at radius 1 is 1.23 bits per heavy atom. The number of nitrogens with one attached hydrogen (secondary N) is 2. The highest BCUT2D eigenvalue weighted by Crippen LogP contribution is 2.28. The zero-order chi connectivity index (χ0) is 15.9. The molecule has 114 valence electrons. The van der Waals surface area contributed by atoms with Crippen LogP contribution < -0.4 is 15.4 Å². The summed E-state index contributed by atoms with van der Waals surface area (Å²) >= 11 is 5.94. The Kier molecular flexibility index (Phi) is 5.38. The van der Waals surface area contributed by atoms with Crippen LogP contribution in [-0.4, -0.2) is 19.4 Å². The summed E-state index contributed by atoms with van der Waals surface area (Å²) in [7, 11) is 1.50. The summed E-state index contributed by atoms with van der Waals surface area (Å²) in [5, 5.41) is 5.69. The molecule has 2 aromatic carbocycles. The molecule has 2 rings (SSSR count). The first-order valence-electron chi connectivity index (χ1n) is 6.54. The second-order valence-corrected chi connectivity index (χ2v) is 4.90. The SMILES string of the molecule is COc1ccc(Cl)cc1NC(=O)C(NC=O)c1ccccc1. The van der Waals surface area contributed by atoms with Crippen LogP contribution in [0.25, 0.3) is 0 Å². The Bertz CT molecular complexity index is 662. The van der Waals surface area contributed by atoms with Gasteiger partial charge in [0.25, 0.3) is 5.91 Å². The molecule has 0 aliphatic carbocycles. The molecule has 2 aromatic rings. The van der Waals surface area contributed by atoms with Crippen molar-refractivity contribution < 1.29 is 14.3 Å². The molecule has 6 heteroatoms. The van der Waals surface area contributed by atoms with Gasteiger partial charge in [-0.15, -0.1) is 0 Å². The van der Waals surface area contributed by atoms with E-state index in [0.29, 0.717) is 28.4 Å². The second kappa shape index (κ2) is 7.47. The number of hydrogen-bond acceptors (Lipinski definition) is 3. The molecule has 0 aromatic heterocycles. The van der Waals surface area contributed by atoms with Crippen molar-refractivity contribution >= 4 is 29.6 Å². The number of ether oxygens (including phenoxy) is 1. The van der Waals surface area contributed by atoms with Gasteiger partial charge in [-0.25, -0.2) is 0 Å². The molecular formula is C16H15ClN2O3. The van der Waals surface area contributed by atoms with E-state index in [4.69, 9.17) is 16.3 Å². The molecule has 1 atom stereocenters. The molecule has 0 radical (unpaired) electrons. The van der Waals surface area contributed by atoms with Gasteiger partial charge in [0.2, 0.25) is 6.41 Å². The van der Waals surface area contributed by atoms with Crippen LogP contribution in [0.15, 0.2) is 48.5 Å². The van der Waals surface area contributed by atoms with E-state index in [1.807, 2.05) is 6.07 Å². The molecule has 2 N–H and O–H groups in total. The summed E-state index contributed by atoms with van der Waals surface area (Å²) in [5.74, 6) is 0.0922. The number of halogens is 1. The number of carbonyl (C=O) groups excluding carboxylic acids is 2. The third kappa shape index (κ3) is 3.77. The molecule has 0 heterocycles. The van der Waals surface area contributed by atoms with Gasteiger partial charge in [0, 0.05) is 5.02 Å². The normalized spacial score (nSPS) is 11.4. The number of amides is 2. The molecule has 0 saturated carbocycles. The summed E-state index contributed by atoms with van der Waals surface area (Å²) in [6.07, 6.45) is 0.493. The second-order valence-electron chi connectivity index (χ2n) is 4.46. The minimum Gasteiger partial charge on any atom is -0.495 e. The maximum atomic E-state index is 12.5. The lowest BCUT2D eigenvalue weighted by molar-refractivity contribution is -0.121. The van der Waals surface area contributed by atoms with Crippen molar-refractivity contribution in [2.24, 2.45) is 0 Å². The molecule has 2 amide bonds. The van der Waals surface area contributed by atoms with E-state index in [1.54, 1.807) is 42.5 Å². The summed E-state index contributed by atoms with van der Waals surface area (Å²) < 4.78 is 5.18. The van der Waals surface area contributed by atoms with Crippen molar-refractivity contribution in [1.29, 1.82) is 0 Å². The quantitative estimate of drug-likeness (QED) is 0.805. The Labute approximate surface area is 133 Å². The van der Waals surface area contributed by atoms with E-state index < -0.39 is 6.04 Å². The molecule has 0 fully saturated rings. The smallest absolute Gasteiger partial charge is 0.251 e. The van der Waals surface area contributed by atoms with Crippen LogP contribution in [0.1, 0.15) is 11.6 Å². The largest absolute Gasteiger partial charge is 0.495 e. The summed E-state index contributed by atoms with van der Waals surface area (Å²) in [6.45, 7) is 0. The first-order valence-corrected chi connectivity index (χ1v) is 6.92. The average molecular weight is 319 g/mol. The fraction of sp³-hybridized carbons (Fsp3) is 0.125. The van der Waals surface area contributed by atoms with Crippen LogP contribution in [-0.2, 0) is 9.59 Å². The van der Waals surface area contributed by atoms with Gasteiger partial charge in [-0.1, -0.05) is 41.9 Å². The zero-order valence-corrected chi connectivity index (χ0v) is 12.6. The number of rotatable bonds is 6. The number of benzene rings is 2. The van der Waals surface area contributed by atoms with Gasteiger partial charge < -0.3 is 15.4 Å². The van der Waals surface area contributed by atoms with Gasteiger partial charge in [0.15, 0.2) is 0 Å². The maximum absolute atomic E-state index is 12.5. The molecule has 22 heavy (non-hydrogen) atoms. The first-order chi connectivity index (χ1) is 10.7. The third-order valence-electron chi connectivity index (χ3n) is 3.05. The Morgan fingerprint density at radius 2 is 1.95 bits per heavy atom. The monoisotopic (exact) mass is 318 g/mol. The van der Waals surface area contributed by atoms with E-state index in [2.05, 4.69) is 10.6 Å². The maximum Gasteiger partial charge on any atom is 0.251 e. The van der Waals surface area contributed by atoms with Crippen LogP contribution >= 0.6 is 11.6 Å². The van der Waals surface area contributed by atoms with Crippen molar-refractivity contribution in [2.45, 2.75) is 6.04 Å². The highest BCUT2D eigenvalue weighted by atomic mass is 35.5. The highest BCUT2D eigenvalue weighted by Gasteiger charge is 2.21. The fourth-order valence-electron chi connectivity index (χ4n) is 2.02. The van der Waals surface area contributed by atoms with Crippen LogP contribution in [0.3, 0.4) is 0 Å². The Balaban J connectivity index is 2.25. The van der Waals surface area contributed by atoms with Gasteiger partial charge in [-0.05, 0) is 23.8 Å². The first kappa shape index (κ1) is 15.9. The lowest BCUT2D eigenvalue weighted by Gasteiger charge is -2.17. The molecule has 0 spiro atoms. The highest BCUT2D eigenvalue weighted by molar-refractivity contribution is 6.31. The Morgan fingerprint density at radius 3 is 2.59 bits per heavy atom. The van der Waals surface area contributed by atoms with Gasteiger partial charge in [0.1, 0.15) is 11.8 Å². The van der Waals surface area contributed by atoms with Crippen LogP contribution in [0.4, 0.5) is 5.69 Å². The van der Waals surface area contributed by atoms with E-state index in [0.717, 1.165) is 0 Å². The van der Waals surface area contributed by atoms with Gasteiger partial charge >= 0.3 is 0 Å². The summed E-state index contributed by atoms with van der Waals surface area (Å²) in [5.41, 5.74) is 1.11. The number of methoxy groups -OCH3 is 1. The topological polar surface area (TPSA) is 67.4 Å². The minimum absolute atomic E-state index is 0.390. The zero-order valence-electron chi connectivity index (χ0n) is 11.9. The standard InChI is InChI=1S/C16H15ClN2O3/c1-22-14-8-7-12(17)9-13(14)19-16(21)15(18-10-20)11-5-3-2-4-6-11/h2-10,15H,1H3,(H,18,20)(H,19,21). The lowest BCUT2D eigenvalue weighted by atomic mass is 10.1. The molecule has 0 saturated heterocycles. The summed E-state index contributed by atoms with van der Waals surface area (Å²) in [4.78, 5) is 23.2. The average Bonchev–Trinajstić information content (AvgIpc) is 2.53. The predicted octanol–water partition coefficient (Wildman–Crippen LogP) is 2.77. The van der Waals surface area contributed by atoms with Crippen molar-refractivity contribution in [3.8, 4) is 5.75 Å². The molecule has 0 aliphatic rings. The van der Waals surface area contributed by atoms with Crippen molar-refractivity contribution in [3.05, 3.63) is 59.1 Å². The van der Waals surface area contributed by atoms with Crippen LogP contribution in [0.2, 0.25) is 5.02 Å². The molecular weight excluding hydrogens is 304 g/mol. The minimum atomic E-state index is -0.803. The molecule has 0 aliphatic heterocycles. The fourth-order valence-corrected chi connectivity index (χ4v) is 2.19. The number of hydrogen-bond donors (Lipinski definition) is 2. The summed E-state index contributed by atoms with van der Waals surface area (Å²) in [6, 6.07) is 13.0. The predicted molar refractivity (Wildman–Crippen MR) is 85.0 cm³/mol. The van der Waals surface area contributed by atoms with E-state index in [9.17, 15) is 9.59 Å². The van der Waals surface area contributed by atoms with E-state index in [-0.39, 0.29) is 5.91 Å². The van der Waals surface area contributed by atoms with Crippen molar-refractivity contribution in [3.63, 3.8) is 0 Å². The van der Waals surface area contributed by atoms with Crippen LogP contribution in [0.5, 0.6) is 5.75 Å². The van der Waals surface area contributed by atoms with E-state index >= 15 is 0 Å². The number of carbonyl (C=O) groups is 2. The molecule has 1 unspecified atom stereocenters. The van der Waals surface area contributed by atoms with Crippen molar-refractivity contribution in [2.75, 3.05) is 12.4 Å². The van der Waals surface area contributed by atoms with Gasteiger partial charge in [-0.2, -0.15) is 0 Å². The third-order valence-corrected chi connectivity index (χ3v) is 3.28. The van der Waals surface area contributed by atoms with Crippen molar-refractivity contribution in [1.82, 2.24) is 5.32 Å².